The molecule has 0 radical (unpaired) electrons. The summed E-state index contributed by atoms with van der Waals surface area (Å²) in [5, 5.41) is 17.6. The summed E-state index contributed by atoms with van der Waals surface area (Å²) in [6.07, 6.45) is -0.534. The van der Waals surface area contributed by atoms with Crippen molar-refractivity contribution in [3.63, 3.8) is 0 Å². The summed E-state index contributed by atoms with van der Waals surface area (Å²) in [5.74, 6) is 0.160. The van der Waals surface area contributed by atoms with Gasteiger partial charge >= 0.3 is 6.09 Å². The molecule has 4 heteroatoms. The number of nitrogens with one attached hydrogen (secondary N) is 1. The number of benzene rings is 4. The van der Waals surface area contributed by atoms with Gasteiger partial charge in [0.2, 0.25) is 0 Å². The number of hydrogen-bond donors (Lipinski definition) is 2. The highest BCUT2D eigenvalue weighted by atomic mass is 16.6. The summed E-state index contributed by atoms with van der Waals surface area (Å²) in [7, 11) is 0. The number of amides is 1. The highest BCUT2D eigenvalue weighted by Crippen LogP contribution is 2.44. The molecule has 0 saturated carbocycles. The third-order valence-electron chi connectivity index (χ3n) is 4.72. The SMILES string of the molecule is CC(C)(C)OC(=O)Nc1ccc2ccccc2c1-c1c(O)ccc2ccccc12. The molecule has 0 saturated heterocycles. The quantitative estimate of drug-likeness (QED) is 0.403. The van der Waals surface area contributed by atoms with Gasteiger partial charge in [0.1, 0.15) is 11.4 Å². The van der Waals surface area contributed by atoms with E-state index in [2.05, 4.69) is 5.32 Å². The molecule has 29 heavy (non-hydrogen) atoms. The van der Waals surface area contributed by atoms with Crippen LogP contribution in [0.5, 0.6) is 5.75 Å². The molecule has 146 valence electrons. The van der Waals surface area contributed by atoms with Gasteiger partial charge in [-0.2, -0.15) is 0 Å². The maximum absolute atomic E-state index is 12.5. The van der Waals surface area contributed by atoms with E-state index in [1.54, 1.807) is 6.07 Å². The van der Waals surface area contributed by atoms with Crippen molar-refractivity contribution in [2.24, 2.45) is 0 Å². The van der Waals surface area contributed by atoms with Gasteiger partial charge < -0.3 is 9.84 Å². The third-order valence-corrected chi connectivity index (χ3v) is 4.72. The second-order valence-electron chi connectivity index (χ2n) is 8.02. The zero-order chi connectivity index (χ0) is 20.6. The second-order valence-corrected chi connectivity index (χ2v) is 8.02. The van der Waals surface area contributed by atoms with Crippen molar-refractivity contribution in [3.05, 3.63) is 72.8 Å². The van der Waals surface area contributed by atoms with Crippen molar-refractivity contribution >= 4 is 33.3 Å². The molecule has 2 N–H and O–H groups in total. The largest absolute Gasteiger partial charge is 0.507 e. The first kappa shape index (κ1) is 18.8. The first-order valence-electron chi connectivity index (χ1n) is 9.56. The molecule has 0 heterocycles. The van der Waals surface area contributed by atoms with E-state index in [4.69, 9.17) is 4.74 Å². The highest BCUT2D eigenvalue weighted by Gasteiger charge is 2.21. The Kier molecular flexibility index (Phi) is 4.63. The Hall–Kier alpha value is -3.53. The molecule has 4 aromatic rings. The fraction of sp³-hybridized carbons (Fsp3) is 0.160. The van der Waals surface area contributed by atoms with Gasteiger partial charge in [-0.3, -0.25) is 5.32 Å². The topological polar surface area (TPSA) is 58.6 Å². The number of phenolic OH excluding ortho intramolecular Hbond substituents is 1. The molecule has 1 amide bonds. The minimum atomic E-state index is -0.608. The van der Waals surface area contributed by atoms with Crippen molar-refractivity contribution < 1.29 is 14.6 Å². The van der Waals surface area contributed by atoms with E-state index in [0.717, 1.165) is 27.1 Å². The van der Waals surface area contributed by atoms with Crippen LogP contribution < -0.4 is 5.32 Å². The lowest BCUT2D eigenvalue weighted by atomic mass is 9.91. The van der Waals surface area contributed by atoms with Crippen molar-refractivity contribution in [2.45, 2.75) is 26.4 Å². The molecule has 0 bridgehead atoms. The van der Waals surface area contributed by atoms with Crippen molar-refractivity contribution in [1.82, 2.24) is 0 Å². The maximum atomic E-state index is 12.5. The first-order valence-corrected chi connectivity index (χ1v) is 9.56. The number of hydrogen-bond acceptors (Lipinski definition) is 3. The lowest BCUT2D eigenvalue weighted by Gasteiger charge is -2.21. The number of fused-ring (bicyclic) bond motifs is 2. The fourth-order valence-electron chi connectivity index (χ4n) is 3.58. The van der Waals surface area contributed by atoms with E-state index in [9.17, 15) is 9.90 Å². The fourth-order valence-corrected chi connectivity index (χ4v) is 3.58. The van der Waals surface area contributed by atoms with Gasteiger partial charge in [0.05, 0.1) is 5.69 Å². The molecule has 0 unspecified atom stereocenters. The molecule has 0 spiro atoms. The van der Waals surface area contributed by atoms with Gasteiger partial charge in [-0.1, -0.05) is 60.7 Å². The Morgan fingerprint density at radius 3 is 1.97 bits per heavy atom. The molecule has 0 fully saturated rings. The Balaban J connectivity index is 1.98. The van der Waals surface area contributed by atoms with Crippen LogP contribution in [0.15, 0.2) is 72.8 Å². The van der Waals surface area contributed by atoms with Crippen LogP contribution in [0.4, 0.5) is 10.5 Å². The molecular weight excluding hydrogens is 362 g/mol. The average Bonchev–Trinajstić information content (AvgIpc) is 2.67. The Morgan fingerprint density at radius 2 is 1.34 bits per heavy atom. The van der Waals surface area contributed by atoms with Crippen molar-refractivity contribution in [1.29, 1.82) is 0 Å². The monoisotopic (exact) mass is 385 g/mol. The number of anilines is 1. The standard InChI is InChI=1S/C25H23NO3/c1-25(2,3)29-24(28)26-20-14-12-16-8-4-6-10-18(16)22(20)23-19-11-7-5-9-17(19)13-15-21(23)27/h4-15,27H,1-3H3,(H,26,28). The van der Waals surface area contributed by atoms with E-state index < -0.39 is 11.7 Å². The highest BCUT2D eigenvalue weighted by molar-refractivity contribution is 6.13. The van der Waals surface area contributed by atoms with Crippen molar-refractivity contribution in [2.75, 3.05) is 5.32 Å². The Labute approximate surface area is 169 Å². The van der Waals surface area contributed by atoms with E-state index in [1.807, 2.05) is 87.5 Å². The lowest BCUT2D eigenvalue weighted by molar-refractivity contribution is 0.0636. The molecule has 4 nitrogen and oxygen atoms in total. The smallest absolute Gasteiger partial charge is 0.412 e. The van der Waals surface area contributed by atoms with Gasteiger partial charge in [0, 0.05) is 11.1 Å². The van der Waals surface area contributed by atoms with E-state index >= 15 is 0 Å². The van der Waals surface area contributed by atoms with Gasteiger partial charge in [0.15, 0.2) is 0 Å². The van der Waals surface area contributed by atoms with Crippen LogP contribution in [-0.4, -0.2) is 16.8 Å². The number of carbonyl (C=O) groups is 1. The van der Waals surface area contributed by atoms with Gasteiger partial charge in [-0.15, -0.1) is 0 Å². The van der Waals surface area contributed by atoms with Gasteiger partial charge in [-0.25, -0.2) is 4.79 Å². The average molecular weight is 385 g/mol. The minimum absolute atomic E-state index is 0.160. The molecule has 0 aliphatic rings. The predicted octanol–water partition coefficient (Wildman–Crippen LogP) is 6.71. The van der Waals surface area contributed by atoms with Gasteiger partial charge in [0.25, 0.3) is 0 Å². The minimum Gasteiger partial charge on any atom is -0.507 e. The summed E-state index contributed by atoms with van der Waals surface area (Å²) < 4.78 is 5.45. The number of carbonyl (C=O) groups excluding carboxylic acids is 1. The number of phenols is 1. The maximum Gasteiger partial charge on any atom is 0.412 e. The summed E-state index contributed by atoms with van der Waals surface area (Å²) in [5.41, 5.74) is 1.43. The van der Waals surface area contributed by atoms with Crippen LogP contribution in [0.3, 0.4) is 0 Å². The lowest BCUT2D eigenvalue weighted by Crippen LogP contribution is -2.27. The number of rotatable bonds is 2. The van der Waals surface area contributed by atoms with Crippen LogP contribution in [0.1, 0.15) is 20.8 Å². The summed E-state index contributed by atoms with van der Waals surface area (Å²) in [6, 6.07) is 23.2. The summed E-state index contributed by atoms with van der Waals surface area (Å²) >= 11 is 0. The van der Waals surface area contributed by atoms with Crippen LogP contribution in [0.25, 0.3) is 32.7 Å². The second kappa shape index (κ2) is 7.13. The van der Waals surface area contributed by atoms with E-state index in [-0.39, 0.29) is 5.75 Å². The zero-order valence-corrected chi connectivity index (χ0v) is 16.7. The zero-order valence-electron chi connectivity index (χ0n) is 16.7. The Morgan fingerprint density at radius 1 is 0.793 bits per heavy atom. The van der Waals surface area contributed by atoms with E-state index in [0.29, 0.717) is 11.3 Å². The molecule has 0 aliphatic heterocycles. The first-order chi connectivity index (χ1) is 13.8. The van der Waals surface area contributed by atoms with Crippen LogP contribution >= 0.6 is 0 Å². The third kappa shape index (κ3) is 3.74. The van der Waals surface area contributed by atoms with E-state index in [1.165, 1.54) is 0 Å². The van der Waals surface area contributed by atoms with Crippen LogP contribution in [-0.2, 0) is 4.74 Å². The van der Waals surface area contributed by atoms with Crippen LogP contribution in [0.2, 0.25) is 0 Å². The molecule has 4 aromatic carbocycles. The normalized spacial score (nSPS) is 11.6. The molecule has 0 atom stereocenters. The predicted molar refractivity (Wildman–Crippen MR) is 118 cm³/mol. The molecule has 0 aliphatic carbocycles. The molecule has 4 rings (SSSR count). The Bertz CT molecular complexity index is 1220. The van der Waals surface area contributed by atoms with Crippen molar-refractivity contribution in [3.8, 4) is 16.9 Å². The molecule has 0 aromatic heterocycles. The summed E-state index contributed by atoms with van der Waals surface area (Å²) in [4.78, 5) is 12.5. The molecular formula is C25H23NO3. The number of ether oxygens (including phenoxy) is 1. The van der Waals surface area contributed by atoms with Gasteiger partial charge in [-0.05, 0) is 54.4 Å². The summed E-state index contributed by atoms with van der Waals surface area (Å²) in [6.45, 7) is 5.47. The van der Waals surface area contributed by atoms with Crippen LogP contribution in [0, 0.1) is 0 Å². The number of aromatic hydroxyl groups is 1.